The standard InChI is InChI=1S/C12H16BrN3O/c13-9-5-10-11(14-6-9)16-8-12(7-15-10)1-3-17-4-2-12/h5-6,15H,1-4,7-8H2,(H,14,16). The number of ether oxygens (including phenoxy) is 1. The Labute approximate surface area is 109 Å². The van der Waals surface area contributed by atoms with Crippen molar-refractivity contribution in [3.8, 4) is 0 Å². The van der Waals surface area contributed by atoms with Gasteiger partial charge in [-0.1, -0.05) is 0 Å². The Kier molecular flexibility index (Phi) is 2.96. The molecule has 4 nitrogen and oxygen atoms in total. The number of pyridine rings is 1. The first-order valence-corrected chi connectivity index (χ1v) is 6.78. The van der Waals surface area contributed by atoms with Crippen LogP contribution in [0.4, 0.5) is 11.5 Å². The summed E-state index contributed by atoms with van der Waals surface area (Å²) in [6, 6.07) is 2.08. The van der Waals surface area contributed by atoms with Gasteiger partial charge in [-0.05, 0) is 34.8 Å². The van der Waals surface area contributed by atoms with E-state index < -0.39 is 0 Å². The van der Waals surface area contributed by atoms with E-state index in [9.17, 15) is 0 Å². The molecule has 1 fully saturated rings. The number of halogens is 1. The predicted octanol–water partition coefficient (Wildman–Crippen LogP) is 2.48. The fourth-order valence-electron chi connectivity index (χ4n) is 2.49. The number of rotatable bonds is 0. The fourth-order valence-corrected chi connectivity index (χ4v) is 2.82. The number of nitrogens with one attached hydrogen (secondary N) is 2. The zero-order valence-corrected chi connectivity index (χ0v) is 11.2. The third-order valence-electron chi connectivity index (χ3n) is 3.69. The van der Waals surface area contributed by atoms with Crippen LogP contribution >= 0.6 is 15.9 Å². The zero-order chi connectivity index (χ0) is 11.7. The van der Waals surface area contributed by atoms with Gasteiger partial charge in [-0.3, -0.25) is 0 Å². The monoisotopic (exact) mass is 297 g/mol. The molecule has 1 spiro atoms. The van der Waals surface area contributed by atoms with E-state index in [4.69, 9.17) is 4.74 Å². The molecule has 1 aromatic heterocycles. The molecule has 0 amide bonds. The van der Waals surface area contributed by atoms with Crippen LogP contribution < -0.4 is 10.6 Å². The maximum absolute atomic E-state index is 5.46. The summed E-state index contributed by atoms with van der Waals surface area (Å²) in [5, 5.41) is 6.98. The summed E-state index contributed by atoms with van der Waals surface area (Å²) in [6.07, 6.45) is 4.06. The molecule has 2 aliphatic heterocycles. The second kappa shape index (κ2) is 4.46. The summed E-state index contributed by atoms with van der Waals surface area (Å²) in [4.78, 5) is 4.41. The largest absolute Gasteiger partial charge is 0.381 e. The van der Waals surface area contributed by atoms with Gasteiger partial charge in [0.2, 0.25) is 0 Å². The van der Waals surface area contributed by atoms with Crippen molar-refractivity contribution in [3.63, 3.8) is 0 Å². The first-order valence-electron chi connectivity index (χ1n) is 5.99. The van der Waals surface area contributed by atoms with E-state index in [1.54, 1.807) is 0 Å². The summed E-state index contributed by atoms with van der Waals surface area (Å²) in [5.74, 6) is 0.955. The maximum Gasteiger partial charge on any atom is 0.149 e. The molecule has 1 saturated heterocycles. The van der Waals surface area contributed by atoms with Crippen LogP contribution in [0.1, 0.15) is 12.8 Å². The molecule has 0 unspecified atom stereocenters. The molecule has 0 bridgehead atoms. The van der Waals surface area contributed by atoms with Gasteiger partial charge in [0.25, 0.3) is 0 Å². The third kappa shape index (κ3) is 2.26. The number of aromatic nitrogens is 1. The molecule has 0 atom stereocenters. The van der Waals surface area contributed by atoms with E-state index in [0.717, 1.165) is 55.1 Å². The molecule has 3 rings (SSSR count). The predicted molar refractivity (Wildman–Crippen MR) is 71.4 cm³/mol. The van der Waals surface area contributed by atoms with Crippen molar-refractivity contribution in [1.29, 1.82) is 0 Å². The van der Waals surface area contributed by atoms with Gasteiger partial charge in [-0.25, -0.2) is 4.98 Å². The van der Waals surface area contributed by atoms with Crippen LogP contribution in [0, 0.1) is 5.41 Å². The Morgan fingerprint density at radius 2 is 2.00 bits per heavy atom. The van der Waals surface area contributed by atoms with Gasteiger partial charge in [0, 0.05) is 42.4 Å². The van der Waals surface area contributed by atoms with Gasteiger partial charge in [0.1, 0.15) is 5.82 Å². The zero-order valence-electron chi connectivity index (χ0n) is 9.63. The number of fused-ring (bicyclic) bond motifs is 1. The van der Waals surface area contributed by atoms with Gasteiger partial charge < -0.3 is 15.4 Å². The van der Waals surface area contributed by atoms with Crippen molar-refractivity contribution in [2.24, 2.45) is 5.41 Å². The van der Waals surface area contributed by atoms with Crippen LogP contribution in [0.25, 0.3) is 0 Å². The lowest BCUT2D eigenvalue weighted by atomic mass is 9.80. The Hall–Kier alpha value is -0.810. The molecule has 17 heavy (non-hydrogen) atoms. The molecule has 1 aromatic rings. The van der Waals surface area contributed by atoms with Gasteiger partial charge in [-0.2, -0.15) is 0 Å². The van der Waals surface area contributed by atoms with Gasteiger partial charge in [-0.15, -0.1) is 0 Å². The van der Waals surface area contributed by atoms with Crippen LogP contribution in [0.5, 0.6) is 0 Å². The van der Waals surface area contributed by atoms with E-state index in [1.807, 2.05) is 6.20 Å². The van der Waals surface area contributed by atoms with E-state index in [2.05, 4.69) is 37.6 Å². The minimum atomic E-state index is 0.311. The van der Waals surface area contributed by atoms with Crippen LogP contribution in [0.2, 0.25) is 0 Å². The summed E-state index contributed by atoms with van der Waals surface area (Å²) < 4.78 is 6.46. The highest BCUT2D eigenvalue weighted by Gasteiger charge is 2.34. The summed E-state index contributed by atoms with van der Waals surface area (Å²) in [6.45, 7) is 3.72. The van der Waals surface area contributed by atoms with Crippen molar-refractivity contribution < 1.29 is 4.74 Å². The van der Waals surface area contributed by atoms with E-state index in [1.165, 1.54) is 0 Å². The first-order chi connectivity index (χ1) is 8.27. The average molecular weight is 298 g/mol. The number of hydrogen-bond acceptors (Lipinski definition) is 4. The van der Waals surface area contributed by atoms with Crippen molar-refractivity contribution >= 4 is 27.4 Å². The number of anilines is 2. The summed E-state index contributed by atoms with van der Waals surface area (Å²) in [7, 11) is 0. The summed E-state index contributed by atoms with van der Waals surface area (Å²) >= 11 is 3.45. The molecule has 0 aromatic carbocycles. The normalized spacial score (nSPS) is 22.2. The highest BCUT2D eigenvalue weighted by Crippen LogP contribution is 2.35. The van der Waals surface area contributed by atoms with Crippen molar-refractivity contribution in [1.82, 2.24) is 4.98 Å². The third-order valence-corrected chi connectivity index (χ3v) is 4.13. The highest BCUT2D eigenvalue weighted by atomic mass is 79.9. The molecule has 2 aliphatic rings. The van der Waals surface area contributed by atoms with Crippen LogP contribution in [0.15, 0.2) is 16.7 Å². The Morgan fingerprint density at radius 1 is 1.24 bits per heavy atom. The molecule has 5 heteroatoms. The molecule has 0 aliphatic carbocycles. The second-order valence-corrected chi connectivity index (χ2v) is 5.78. The van der Waals surface area contributed by atoms with E-state index >= 15 is 0 Å². The average Bonchev–Trinajstić information content (AvgIpc) is 2.52. The fraction of sp³-hybridized carbons (Fsp3) is 0.583. The SMILES string of the molecule is Brc1cnc2c(c1)NCC1(CCOCC1)CN2. The molecule has 92 valence electrons. The smallest absolute Gasteiger partial charge is 0.149 e. The minimum absolute atomic E-state index is 0.311. The van der Waals surface area contributed by atoms with Gasteiger partial charge >= 0.3 is 0 Å². The number of hydrogen-bond donors (Lipinski definition) is 2. The molecular formula is C12H16BrN3O. The van der Waals surface area contributed by atoms with E-state index in [0.29, 0.717) is 5.41 Å². The van der Waals surface area contributed by atoms with Gasteiger partial charge in [0.05, 0.1) is 5.69 Å². The lowest BCUT2D eigenvalue weighted by Gasteiger charge is -2.36. The Morgan fingerprint density at radius 3 is 2.82 bits per heavy atom. The summed E-state index contributed by atoms with van der Waals surface area (Å²) in [5.41, 5.74) is 1.40. The van der Waals surface area contributed by atoms with Crippen molar-refractivity contribution in [2.75, 3.05) is 36.9 Å². The quantitative estimate of drug-likeness (QED) is 0.772. The van der Waals surface area contributed by atoms with Gasteiger partial charge in [0.15, 0.2) is 0 Å². The van der Waals surface area contributed by atoms with Crippen LogP contribution in [-0.4, -0.2) is 31.3 Å². The Balaban J connectivity index is 1.82. The molecular weight excluding hydrogens is 282 g/mol. The highest BCUT2D eigenvalue weighted by molar-refractivity contribution is 9.10. The Bertz CT molecular complexity index is 418. The van der Waals surface area contributed by atoms with Crippen LogP contribution in [0.3, 0.4) is 0 Å². The molecule has 2 N–H and O–H groups in total. The molecule has 0 saturated carbocycles. The molecule has 3 heterocycles. The second-order valence-electron chi connectivity index (χ2n) is 4.87. The first kappa shape index (κ1) is 11.3. The van der Waals surface area contributed by atoms with Crippen molar-refractivity contribution in [2.45, 2.75) is 12.8 Å². The lowest BCUT2D eigenvalue weighted by molar-refractivity contribution is 0.0276. The van der Waals surface area contributed by atoms with E-state index in [-0.39, 0.29) is 0 Å². The van der Waals surface area contributed by atoms with Crippen molar-refractivity contribution in [3.05, 3.63) is 16.7 Å². The lowest BCUT2D eigenvalue weighted by Crippen LogP contribution is -2.40. The molecule has 0 radical (unpaired) electrons. The number of nitrogens with zero attached hydrogens (tertiary/aromatic N) is 1. The minimum Gasteiger partial charge on any atom is -0.381 e. The maximum atomic E-state index is 5.46. The topological polar surface area (TPSA) is 46.2 Å². The van der Waals surface area contributed by atoms with Crippen LogP contribution in [-0.2, 0) is 4.74 Å².